The maximum atomic E-state index is 13.9. The molecule has 0 saturated carbocycles. The van der Waals surface area contributed by atoms with E-state index in [-0.39, 0.29) is 34.9 Å². The minimum Gasteiger partial charge on any atom is -0.324 e. The first-order valence-electron chi connectivity index (χ1n) is 8.91. The van der Waals surface area contributed by atoms with Crippen molar-refractivity contribution in [2.24, 2.45) is 7.05 Å². The molecule has 30 heavy (non-hydrogen) atoms. The normalized spacial score (nSPS) is 11.3. The van der Waals surface area contributed by atoms with E-state index >= 15 is 0 Å². The first kappa shape index (κ1) is 19.5. The number of aromatic nitrogens is 3. The third kappa shape index (κ3) is 3.25. The predicted octanol–water partition coefficient (Wildman–Crippen LogP) is 2.63. The average molecular weight is 416 g/mol. The maximum absolute atomic E-state index is 13.9. The van der Waals surface area contributed by atoms with Gasteiger partial charge in [-0.25, -0.2) is 13.2 Å². The van der Waals surface area contributed by atoms with Gasteiger partial charge in [-0.1, -0.05) is 0 Å². The van der Waals surface area contributed by atoms with Crippen LogP contribution < -0.4 is 16.3 Å². The molecule has 0 aliphatic rings. The fraction of sp³-hybridized carbons (Fsp3) is 0.150. The first-order valence-corrected chi connectivity index (χ1v) is 8.91. The lowest BCUT2D eigenvalue weighted by Crippen LogP contribution is -2.25. The Bertz CT molecular complexity index is 1440. The van der Waals surface area contributed by atoms with Gasteiger partial charge in [0.1, 0.15) is 17.5 Å². The van der Waals surface area contributed by atoms with Crippen LogP contribution in [0.5, 0.6) is 0 Å². The van der Waals surface area contributed by atoms with Crippen LogP contribution in [-0.4, -0.2) is 20.3 Å². The second-order valence-corrected chi connectivity index (χ2v) is 6.77. The zero-order valence-electron chi connectivity index (χ0n) is 15.6. The molecular formula is C20H15F3N4O3. The van der Waals surface area contributed by atoms with Crippen molar-refractivity contribution in [3.8, 4) is 0 Å². The number of hydrogen-bond donors (Lipinski definition) is 2. The van der Waals surface area contributed by atoms with Crippen LogP contribution >= 0.6 is 0 Å². The summed E-state index contributed by atoms with van der Waals surface area (Å²) in [6.45, 7) is -0.183. The number of rotatable bonds is 4. The Kier molecular flexibility index (Phi) is 4.69. The highest BCUT2D eigenvalue weighted by atomic mass is 19.1. The maximum Gasteiger partial charge on any atom is 0.262 e. The minimum absolute atomic E-state index is 0.0495. The molecule has 0 bridgehead atoms. The van der Waals surface area contributed by atoms with Crippen LogP contribution in [0.1, 0.15) is 6.42 Å². The Labute approximate surface area is 166 Å². The monoisotopic (exact) mass is 416 g/mol. The van der Waals surface area contributed by atoms with Crippen molar-refractivity contribution in [2.45, 2.75) is 13.0 Å². The molecular weight excluding hydrogens is 401 g/mol. The molecule has 10 heteroatoms. The molecule has 7 nitrogen and oxygen atoms in total. The number of nitrogens with one attached hydrogen (secondary N) is 2. The molecule has 2 N–H and O–H groups in total. The van der Waals surface area contributed by atoms with E-state index in [0.717, 1.165) is 28.8 Å². The van der Waals surface area contributed by atoms with Gasteiger partial charge in [0.05, 0.1) is 27.5 Å². The van der Waals surface area contributed by atoms with Crippen LogP contribution in [0, 0.1) is 17.5 Å². The average Bonchev–Trinajstić information content (AvgIpc) is 3.05. The summed E-state index contributed by atoms with van der Waals surface area (Å²) in [6.07, 6.45) is 1.16. The third-order valence-electron chi connectivity index (χ3n) is 4.81. The van der Waals surface area contributed by atoms with Crippen molar-refractivity contribution in [3.63, 3.8) is 0 Å². The highest BCUT2D eigenvalue weighted by Crippen LogP contribution is 2.21. The number of H-pyrrole nitrogens is 1. The van der Waals surface area contributed by atoms with E-state index in [1.807, 2.05) is 0 Å². The van der Waals surface area contributed by atoms with E-state index in [9.17, 15) is 27.6 Å². The van der Waals surface area contributed by atoms with Crippen LogP contribution in [0.3, 0.4) is 0 Å². The molecule has 0 atom stereocenters. The lowest BCUT2D eigenvalue weighted by molar-refractivity contribution is -0.116. The number of fused-ring (bicyclic) bond motifs is 3. The van der Waals surface area contributed by atoms with Crippen LogP contribution in [0.25, 0.3) is 21.8 Å². The summed E-state index contributed by atoms with van der Waals surface area (Å²) in [5.74, 6) is -3.17. The van der Waals surface area contributed by atoms with Gasteiger partial charge in [-0.2, -0.15) is 0 Å². The molecule has 0 unspecified atom stereocenters. The number of nitrogens with zero attached hydrogens (tertiary/aromatic N) is 2. The molecule has 2 aromatic heterocycles. The Morgan fingerprint density at radius 3 is 2.60 bits per heavy atom. The molecule has 0 aliphatic carbocycles. The second-order valence-electron chi connectivity index (χ2n) is 6.77. The molecule has 0 spiro atoms. The van der Waals surface area contributed by atoms with Gasteiger partial charge in [0, 0.05) is 38.3 Å². The summed E-state index contributed by atoms with van der Waals surface area (Å²) in [5.41, 5.74) is -0.945. The molecule has 4 aromatic rings. The SMILES string of the molecule is Cn1[nH]cc2c(=O)n(CCC(=O)Nc3ccc(F)cc3F)c3cc(F)cc(=O)c3c21. The van der Waals surface area contributed by atoms with Crippen LogP contribution in [-0.2, 0) is 18.4 Å². The zero-order valence-corrected chi connectivity index (χ0v) is 15.6. The number of carbonyl (C=O) groups is 1. The van der Waals surface area contributed by atoms with Gasteiger partial charge < -0.3 is 15.0 Å². The van der Waals surface area contributed by atoms with Gasteiger partial charge in [0.25, 0.3) is 5.56 Å². The van der Waals surface area contributed by atoms with E-state index in [4.69, 9.17) is 0 Å². The number of carbonyl (C=O) groups excluding carboxylic acids is 1. The first-order chi connectivity index (χ1) is 14.3. The predicted molar refractivity (Wildman–Crippen MR) is 105 cm³/mol. The number of halogens is 3. The summed E-state index contributed by atoms with van der Waals surface area (Å²) in [6, 6.07) is 4.59. The Morgan fingerprint density at radius 2 is 1.87 bits per heavy atom. The Balaban J connectivity index is 1.73. The van der Waals surface area contributed by atoms with Crippen molar-refractivity contribution in [1.29, 1.82) is 0 Å². The molecule has 2 heterocycles. The van der Waals surface area contributed by atoms with Crippen LogP contribution in [0.15, 0.2) is 46.1 Å². The van der Waals surface area contributed by atoms with Gasteiger partial charge in [-0.15, -0.1) is 0 Å². The zero-order chi connectivity index (χ0) is 21.6. The van der Waals surface area contributed by atoms with E-state index in [1.54, 1.807) is 7.05 Å². The fourth-order valence-corrected chi connectivity index (χ4v) is 3.45. The van der Waals surface area contributed by atoms with Gasteiger partial charge in [0.2, 0.25) is 5.91 Å². The summed E-state index contributed by atoms with van der Waals surface area (Å²) >= 11 is 0. The Morgan fingerprint density at radius 1 is 1.10 bits per heavy atom. The van der Waals surface area contributed by atoms with Crippen molar-refractivity contribution >= 4 is 33.4 Å². The molecule has 4 rings (SSSR count). The molecule has 154 valence electrons. The molecule has 0 saturated heterocycles. The van der Waals surface area contributed by atoms with E-state index < -0.39 is 34.3 Å². The highest BCUT2D eigenvalue weighted by Gasteiger charge is 2.18. The molecule has 0 radical (unpaired) electrons. The third-order valence-corrected chi connectivity index (χ3v) is 4.81. The topological polar surface area (TPSA) is 88.9 Å². The number of amides is 1. The van der Waals surface area contributed by atoms with Gasteiger partial charge in [0.15, 0.2) is 5.43 Å². The van der Waals surface area contributed by atoms with Crippen LogP contribution in [0.2, 0.25) is 0 Å². The smallest absolute Gasteiger partial charge is 0.262 e. The molecule has 2 aromatic carbocycles. The van der Waals surface area contributed by atoms with Crippen molar-refractivity contribution in [1.82, 2.24) is 14.3 Å². The number of pyridine rings is 1. The summed E-state index contributed by atoms with van der Waals surface area (Å²) in [4.78, 5) is 37.6. The molecule has 1 amide bonds. The lowest BCUT2D eigenvalue weighted by Gasteiger charge is -2.12. The quantitative estimate of drug-likeness (QED) is 0.536. The summed E-state index contributed by atoms with van der Waals surface area (Å²) in [7, 11) is 1.61. The largest absolute Gasteiger partial charge is 0.324 e. The van der Waals surface area contributed by atoms with E-state index in [2.05, 4.69) is 10.4 Å². The Hall–Kier alpha value is -3.82. The van der Waals surface area contributed by atoms with E-state index in [1.165, 1.54) is 10.9 Å². The van der Waals surface area contributed by atoms with Crippen molar-refractivity contribution in [2.75, 3.05) is 5.32 Å². The standard InChI is InChI=1S/C20H15F3N4O3/c1-26-19-12(9-24-26)20(30)27(15-7-11(22)8-16(28)18(15)19)5-4-17(29)25-14-3-2-10(21)6-13(14)23/h2-3,6-9,24H,4-5H2,1H3,(H,25,29). The highest BCUT2D eigenvalue weighted by molar-refractivity contribution is 6.03. The number of anilines is 1. The number of aryl methyl sites for hydroxylation is 2. The number of aromatic amines is 1. The van der Waals surface area contributed by atoms with Gasteiger partial charge in [-0.05, 0) is 18.2 Å². The molecule has 0 aliphatic heterocycles. The van der Waals surface area contributed by atoms with Crippen molar-refractivity contribution < 1.29 is 18.0 Å². The summed E-state index contributed by atoms with van der Waals surface area (Å²) < 4.78 is 43.2. The van der Waals surface area contributed by atoms with Crippen molar-refractivity contribution in [3.05, 3.63) is 74.6 Å². The number of benzene rings is 2. The minimum atomic E-state index is -0.940. The second kappa shape index (κ2) is 7.21. The van der Waals surface area contributed by atoms with Gasteiger partial charge in [-0.3, -0.25) is 19.1 Å². The van der Waals surface area contributed by atoms with Gasteiger partial charge >= 0.3 is 0 Å². The van der Waals surface area contributed by atoms with E-state index in [0.29, 0.717) is 11.6 Å². The lowest BCUT2D eigenvalue weighted by atomic mass is 10.1. The molecule has 0 fully saturated rings. The number of hydrogen-bond acceptors (Lipinski definition) is 3. The van der Waals surface area contributed by atoms with Crippen LogP contribution in [0.4, 0.5) is 18.9 Å². The summed E-state index contributed by atoms with van der Waals surface area (Å²) in [5, 5.41) is 5.45. The fourth-order valence-electron chi connectivity index (χ4n) is 3.45.